The van der Waals surface area contributed by atoms with Gasteiger partial charge in [-0.25, -0.2) is 0 Å². The molecule has 0 spiro atoms. The van der Waals surface area contributed by atoms with Gasteiger partial charge in [0.05, 0.1) is 13.7 Å². The van der Waals surface area contributed by atoms with E-state index in [4.69, 9.17) is 0 Å². The molecular weight excluding hydrogens is 289 g/mol. The fourth-order valence-electron chi connectivity index (χ4n) is 2.43. The van der Waals surface area contributed by atoms with Crippen molar-refractivity contribution in [2.75, 3.05) is 26.7 Å². The number of halogens is 3. The van der Waals surface area contributed by atoms with Gasteiger partial charge in [0.15, 0.2) is 0 Å². The standard InChI is InChI=1S/C13H21F3N2O3/c1-9(2)18(8-13(14,15)16)11(19)7-17-6-4-5-10(17)12(20)21-3/h9-10H,4-8H2,1-3H3/t10-/m1/s1. The van der Waals surface area contributed by atoms with E-state index < -0.39 is 36.7 Å². The maximum Gasteiger partial charge on any atom is 0.406 e. The highest BCUT2D eigenvalue weighted by Gasteiger charge is 2.37. The number of hydrogen-bond acceptors (Lipinski definition) is 4. The first-order valence-electron chi connectivity index (χ1n) is 6.83. The molecule has 1 heterocycles. The first-order valence-corrected chi connectivity index (χ1v) is 6.83. The Labute approximate surface area is 122 Å². The molecule has 0 aliphatic carbocycles. The second kappa shape index (κ2) is 7.11. The Morgan fingerprint density at radius 3 is 2.48 bits per heavy atom. The fourth-order valence-corrected chi connectivity index (χ4v) is 2.43. The van der Waals surface area contributed by atoms with E-state index in [1.54, 1.807) is 4.90 Å². The van der Waals surface area contributed by atoms with Crippen LogP contribution in [0.15, 0.2) is 0 Å². The molecular formula is C13H21F3N2O3. The highest BCUT2D eigenvalue weighted by molar-refractivity contribution is 5.81. The van der Waals surface area contributed by atoms with Gasteiger partial charge in [0.25, 0.3) is 0 Å². The highest BCUT2D eigenvalue weighted by Crippen LogP contribution is 2.21. The van der Waals surface area contributed by atoms with Crippen LogP contribution >= 0.6 is 0 Å². The van der Waals surface area contributed by atoms with Crippen LogP contribution in [-0.4, -0.2) is 66.7 Å². The highest BCUT2D eigenvalue weighted by atomic mass is 19.4. The van der Waals surface area contributed by atoms with Gasteiger partial charge in [-0.1, -0.05) is 0 Å². The number of alkyl halides is 3. The number of carbonyl (C=O) groups excluding carboxylic acids is 2. The molecule has 1 fully saturated rings. The van der Waals surface area contributed by atoms with E-state index in [0.717, 1.165) is 4.90 Å². The number of esters is 1. The first kappa shape index (κ1) is 17.7. The SMILES string of the molecule is COC(=O)[C@H]1CCCN1CC(=O)N(CC(F)(F)F)C(C)C. The van der Waals surface area contributed by atoms with Crippen molar-refractivity contribution in [3.8, 4) is 0 Å². The molecule has 0 aromatic heterocycles. The Morgan fingerprint density at radius 2 is 2.00 bits per heavy atom. The Hall–Kier alpha value is -1.31. The molecule has 1 rings (SSSR count). The van der Waals surface area contributed by atoms with Gasteiger partial charge < -0.3 is 9.64 Å². The van der Waals surface area contributed by atoms with E-state index in [1.807, 2.05) is 0 Å². The Kier molecular flexibility index (Phi) is 6.00. The number of rotatable bonds is 5. The van der Waals surface area contributed by atoms with Crippen LogP contribution in [0.1, 0.15) is 26.7 Å². The normalized spacial score (nSPS) is 19.9. The summed E-state index contributed by atoms with van der Waals surface area (Å²) in [5, 5.41) is 0. The van der Waals surface area contributed by atoms with Crippen LogP contribution in [0.3, 0.4) is 0 Å². The van der Waals surface area contributed by atoms with Crippen molar-refractivity contribution < 1.29 is 27.5 Å². The van der Waals surface area contributed by atoms with E-state index in [9.17, 15) is 22.8 Å². The van der Waals surface area contributed by atoms with Gasteiger partial charge in [0.1, 0.15) is 12.6 Å². The molecule has 0 unspecified atom stereocenters. The van der Waals surface area contributed by atoms with E-state index in [1.165, 1.54) is 21.0 Å². The summed E-state index contributed by atoms with van der Waals surface area (Å²) >= 11 is 0. The second-order valence-corrected chi connectivity index (χ2v) is 5.38. The molecule has 1 atom stereocenters. The molecule has 0 bridgehead atoms. The van der Waals surface area contributed by atoms with E-state index in [2.05, 4.69) is 4.74 Å². The third kappa shape index (κ3) is 5.18. The average molecular weight is 310 g/mol. The largest absolute Gasteiger partial charge is 0.468 e. The van der Waals surface area contributed by atoms with Crippen molar-refractivity contribution in [3.05, 3.63) is 0 Å². The zero-order chi connectivity index (χ0) is 16.2. The monoisotopic (exact) mass is 310 g/mol. The topological polar surface area (TPSA) is 49.9 Å². The number of carbonyl (C=O) groups is 2. The summed E-state index contributed by atoms with van der Waals surface area (Å²) in [4.78, 5) is 26.0. The minimum Gasteiger partial charge on any atom is -0.468 e. The number of hydrogen-bond donors (Lipinski definition) is 0. The number of ether oxygens (including phenoxy) is 1. The maximum absolute atomic E-state index is 12.5. The number of nitrogens with zero attached hydrogens (tertiary/aromatic N) is 2. The molecule has 1 saturated heterocycles. The van der Waals surface area contributed by atoms with Gasteiger partial charge in [-0.05, 0) is 33.2 Å². The van der Waals surface area contributed by atoms with Crippen molar-refractivity contribution in [1.82, 2.24) is 9.80 Å². The van der Waals surface area contributed by atoms with Crippen LogP contribution in [0.4, 0.5) is 13.2 Å². The van der Waals surface area contributed by atoms with E-state index in [-0.39, 0.29) is 6.54 Å². The molecule has 0 N–H and O–H groups in total. The fraction of sp³-hybridized carbons (Fsp3) is 0.846. The van der Waals surface area contributed by atoms with Crippen molar-refractivity contribution in [2.45, 2.75) is 44.9 Å². The predicted molar refractivity (Wildman–Crippen MR) is 69.5 cm³/mol. The molecule has 21 heavy (non-hydrogen) atoms. The quantitative estimate of drug-likeness (QED) is 0.721. The lowest BCUT2D eigenvalue weighted by Gasteiger charge is -2.30. The number of methoxy groups -OCH3 is 1. The third-order valence-corrected chi connectivity index (χ3v) is 3.47. The summed E-state index contributed by atoms with van der Waals surface area (Å²) in [5.74, 6) is -1.08. The summed E-state index contributed by atoms with van der Waals surface area (Å²) in [6.45, 7) is 2.09. The summed E-state index contributed by atoms with van der Waals surface area (Å²) < 4.78 is 42.2. The van der Waals surface area contributed by atoms with Crippen LogP contribution in [0, 0.1) is 0 Å². The van der Waals surface area contributed by atoms with Gasteiger partial charge in [-0.15, -0.1) is 0 Å². The Morgan fingerprint density at radius 1 is 1.38 bits per heavy atom. The van der Waals surface area contributed by atoms with Crippen molar-refractivity contribution >= 4 is 11.9 Å². The van der Waals surface area contributed by atoms with Gasteiger partial charge >= 0.3 is 12.1 Å². The van der Waals surface area contributed by atoms with Crippen LogP contribution < -0.4 is 0 Å². The van der Waals surface area contributed by atoms with Crippen LogP contribution in [-0.2, 0) is 14.3 Å². The summed E-state index contributed by atoms with van der Waals surface area (Å²) in [7, 11) is 1.25. The lowest BCUT2D eigenvalue weighted by atomic mass is 10.2. The van der Waals surface area contributed by atoms with E-state index >= 15 is 0 Å². The molecule has 0 radical (unpaired) electrons. The predicted octanol–water partition coefficient (Wildman–Crippen LogP) is 1.42. The number of amides is 1. The van der Waals surface area contributed by atoms with Crippen LogP contribution in [0.25, 0.3) is 0 Å². The summed E-state index contributed by atoms with van der Waals surface area (Å²) in [5.41, 5.74) is 0. The lowest BCUT2D eigenvalue weighted by molar-refractivity contribution is -0.166. The second-order valence-electron chi connectivity index (χ2n) is 5.38. The van der Waals surface area contributed by atoms with Crippen LogP contribution in [0.5, 0.6) is 0 Å². The summed E-state index contributed by atoms with van der Waals surface area (Å²) in [6, 6.07) is -1.10. The lowest BCUT2D eigenvalue weighted by Crippen LogP contribution is -2.49. The minimum atomic E-state index is -4.44. The Balaban J connectivity index is 2.70. The van der Waals surface area contributed by atoms with E-state index in [0.29, 0.717) is 19.4 Å². The minimum absolute atomic E-state index is 0.200. The number of likely N-dealkylation sites (tertiary alicyclic amines) is 1. The van der Waals surface area contributed by atoms with Crippen LogP contribution in [0.2, 0.25) is 0 Å². The van der Waals surface area contributed by atoms with Gasteiger partial charge in [-0.2, -0.15) is 13.2 Å². The van der Waals surface area contributed by atoms with Gasteiger partial charge in [-0.3, -0.25) is 14.5 Å². The van der Waals surface area contributed by atoms with Crippen molar-refractivity contribution in [2.24, 2.45) is 0 Å². The smallest absolute Gasteiger partial charge is 0.406 e. The molecule has 1 aliphatic heterocycles. The summed E-state index contributed by atoms with van der Waals surface area (Å²) in [6.07, 6.45) is -3.17. The third-order valence-electron chi connectivity index (χ3n) is 3.47. The van der Waals surface area contributed by atoms with Gasteiger partial charge in [0, 0.05) is 6.04 Å². The zero-order valence-corrected chi connectivity index (χ0v) is 12.4. The molecule has 0 saturated carbocycles. The molecule has 0 aromatic carbocycles. The Bertz CT molecular complexity index is 385. The molecule has 0 aromatic rings. The first-order chi connectivity index (χ1) is 9.65. The molecule has 1 aliphatic rings. The molecule has 1 amide bonds. The average Bonchev–Trinajstić information content (AvgIpc) is 2.81. The van der Waals surface area contributed by atoms with Crippen molar-refractivity contribution in [1.29, 1.82) is 0 Å². The zero-order valence-electron chi connectivity index (χ0n) is 12.4. The molecule has 5 nitrogen and oxygen atoms in total. The van der Waals surface area contributed by atoms with Gasteiger partial charge in [0.2, 0.25) is 5.91 Å². The molecule has 122 valence electrons. The maximum atomic E-state index is 12.5. The molecule has 8 heteroatoms. The van der Waals surface area contributed by atoms with Crippen molar-refractivity contribution in [3.63, 3.8) is 0 Å².